The van der Waals surface area contributed by atoms with E-state index in [1.165, 1.54) is 42.0 Å². The Balaban J connectivity index is 0.000000244. The van der Waals surface area contributed by atoms with E-state index in [4.69, 9.17) is 50.3 Å². The lowest BCUT2D eigenvalue weighted by molar-refractivity contribution is -0.0882. The molecule has 362 valence electrons. The summed E-state index contributed by atoms with van der Waals surface area (Å²) in [6.07, 6.45) is -8.29. The van der Waals surface area contributed by atoms with E-state index in [1.807, 2.05) is 0 Å². The monoisotopic (exact) mass is 1050 g/mol. The minimum atomic E-state index is -5.78. The molecule has 2 aliphatic heterocycles. The Bertz CT molecular complexity index is 2760. The van der Waals surface area contributed by atoms with Crippen LogP contribution in [0.5, 0.6) is 0 Å². The van der Waals surface area contributed by atoms with Crippen LogP contribution in [0.2, 0.25) is 0 Å². The van der Waals surface area contributed by atoms with Crippen molar-refractivity contribution in [2.24, 2.45) is 0 Å². The highest BCUT2D eigenvalue weighted by Gasteiger charge is 2.60. The topological polar surface area (TPSA) is 509 Å². The molecule has 65 heavy (non-hydrogen) atoms. The number of anilines is 2. The van der Waals surface area contributed by atoms with Gasteiger partial charge in [-0.15, -0.1) is 0 Å². The molecule has 2 saturated heterocycles. The number of phosphoric acid groups is 6. The Hall–Kier alpha value is -2.98. The van der Waals surface area contributed by atoms with E-state index >= 15 is 4.39 Å². The Morgan fingerprint density at radius 3 is 1.52 bits per heavy atom. The van der Waals surface area contributed by atoms with Crippen molar-refractivity contribution < 1.29 is 122 Å². The van der Waals surface area contributed by atoms with Gasteiger partial charge in [0.15, 0.2) is 6.17 Å². The van der Waals surface area contributed by atoms with Gasteiger partial charge in [0, 0.05) is 12.4 Å². The fourth-order valence-corrected chi connectivity index (χ4v) is 12.3. The first-order valence-corrected chi connectivity index (χ1v) is 26.2. The third kappa shape index (κ3) is 12.2. The van der Waals surface area contributed by atoms with E-state index in [9.17, 15) is 57.8 Å². The number of aromatic nitrogens is 4. The third-order valence-corrected chi connectivity index (χ3v) is 16.5. The lowest BCUT2D eigenvalue weighted by Gasteiger charge is -2.27. The van der Waals surface area contributed by atoms with E-state index in [0.717, 1.165) is 4.52 Å². The number of rotatable bonds is 16. The molecule has 15 N–H and O–H groups in total. The molecule has 39 heteroatoms. The Labute approximate surface area is 361 Å². The number of fused-ring (bicyclic) bond motifs is 2. The smallest absolute Gasteiger partial charge is 0.397 e. The summed E-state index contributed by atoms with van der Waals surface area (Å²) in [4.78, 5) is 71.5. The van der Waals surface area contributed by atoms with Crippen molar-refractivity contribution in [1.29, 1.82) is 5.26 Å². The standard InChI is InChI=1S/C13H16FN4O12P3.C13H20N3O13P3/c14-12-11(19)9(5-27-32(23,24)30-33(25,26)29-31(20,21)22)28-13(12,6-15)10-2-1-8-7(16)3-4-17-18(8)10;1-13(10-3-2-8-7(14)4-5-15-16(8)10)12(18)11(17)9(27-13)6-26-31(22,23)29-32(24,25)28-30(19,20)21/h1-4,9,11-12,19H,5,16H2,(H,23,24)(H,25,26)(H2,20,21,22);2-5,9,11-12,17-18H,6,14H2,1H3,(H,22,23)(H,24,25)(H2,19,20,21)/t2*9-,11-,12-,13+/m11/s1. The lowest BCUT2D eigenvalue weighted by atomic mass is 9.93. The molecule has 0 aromatic carbocycles. The van der Waals surface area contributed by atoms with Gasteiger partial charge in [0.1, 0.15) is 42.2 Å². The second kappa shape index (κ2) is 18.8. The molecule has 6 heterocycles. The molecule has 4 unspecified atom stereocenters. The first-order valence-electron chi connectivity index (χ1n) is 17.1. The zero-order chi connectivity index (χ0) is 48.9. The van der Waals surface area contributed by atoms with E-state index in [1.54, 1.807) is 24.3 Å². The Morgan fingerprint density at radius 1 is 0.677 bits per heavy atom. The van der Waals surface area contributed by atoms with Crippen LogP contribution in [0.4, 0.5) is 15.8 Å². The number of nitrogens with zero attached hydrogens (tertiary/aromatic N) is 5. The van der Waals surface area contributed by atoms with Crippen LogP contribution in [0.15, 0.2) is 48.8 Å². The van der Waals surface area contributed by atoms with Gasteiger partial charge in [-0.1, -0.05) is 0 Å². The van der Waals surface area contributed by atoms with Crippen molar-refractivity contribution in [3.8, 4) is 6.07 Å². The fraction of sp³-hybridized carbons (Fsp3) is 0.423. The summed E-state index contributed by atoms with van der Waals surface area (Å²) in [6.45, 7) is -0.678. The number of nitrogens with two attached hydrogens (primary N) is 2. The van der Waals surface area contributed by atoms with Crippen LogP contribution < -0.4 is 11.5 Å². The van der Waals surface area contributed by atoms with Crippen molar-refractivity contribution in [1.82, 2.24) is 19.2 Å². The summed E-state index contributed by atoms with van der Waals surface area (Å²) >= 11 is 0. The normalized spacial score (nSPS) is 29.8. The number of phosphoric ester groups is 2. The largest absolute Gasteiger partial charge is 0.490 e. The molecule has 0 radical (unpaired) electrons. The maximum absolute atomic E-state index is 15.1. The summed E-state index contributed by atoms with van der Waals surface area (Å²) in [5.74, 6) is 0. The van der Waals surface area contributed by atoms with Crippen molar-refractivity contribution >= 4 is 69.3 Å². The van der Waals surface area contributed by atoms with E-state index in [0.29, 0.717) is 16.7 Å². The highest BCUT2D eigenvalue weighted by Crippen LogP contribution is 2.67. The highest BCUT2D eigenvalue weighted by molar-refractivity contribution is 7.67. The Morgan fingerprint density at radius 2 is 1.09 bits per heavy atom. The first kappa shape index (κ1) is 53.0. The number of alkyl halides is 1. The number of ether oxygens (including phenoxy) is 2. The quantitative estimate of drug-likeness (QED) is 0.0639. The summed E-state index contributed by atoms with van der Waals surface area (Å²) in [6, 6.07) is 10.4. The summed E-state index contributed by atoms with van der Waals surface area (Å²) in [5.41, 5.74) is 9.16. The zero-order valence-corrected chi connectivity index (χ0v) is 37.5. The van der Waals surface area contributed by atoms with Crippen molar-refractivity contribution in [2.75, 3.05) is 24.7 Å². The number of hydrogen-bond acceptors (Lipinski definition) is 22. The van der Waals surface area contributed by atoms with E-state index < -0.39 is 108 Å². The van der Waals surface area contributed by atoms with Crippen LogP contribution in [-0.4, -0.2) is 124 Å². The van der Waals surface area contributed by atoms with Gasteiger partial charge in [-0.2, -0.15) is 32.7 Å². The minimum Gasteiger partial charge on any atom is -0.397 e. The molecule has 4 aromatic rings. The maximum atomic E-state index is 15.1. The number of halogens is 1. The van der Waals surface area contributed by atoms with Crippen LogP contribution >= 0.6 is 46.9 Å². The molecule has 0 amide bonds. The molecule has 0 saturated carbocycles. The van der Waals surface area contributed by atoms with Gasteiger partial charge >= 0.3 is 46.9 Å². The minimum absolute atomic E-state index is 0.167. The predicted octanol–water partition coefficient (Wildman–Crippen LogP) is -0.328. The van der Waals surface area contributed by atoms with Crippen LogP contribution in [0, 0.1) is 11.3 Å². The average Bonchev–Trinajstić information content (AvgIpc) is 3.89. The third-order valence-electron chi connectivity index (χ3n) is 8.94. The van der Waals surface area contributed by atoms with Gasteiger partial charge in [-0.3, -0.25) is 9.05 Å². The lowest BCUT2D eigenvalue weighted by Crippen LogP contribution is -2.39. The molecule has 0 aliphatic carbocycles. The molecule has 0 spiro atoms. The van der Waals surface area contributed by atoms with Gasteiger partial charge in [0.2, 0.25) is 5.60 Å². The van der Waals surface area contributed by atoms with Crippen molar-refractivity contribution in [3.63, 3.8) is 0 Å². The molecular formula is C26H36FN7O25P6. The number of hydrogen-bond donors (Lipinski definition) is 13. The Kier molecular flexibility index (Phi) is 15.4. The summed E-state index contributed by atoms with van der Waals surface area (Å²) in [7, 11) is -33.6. The average molecular weight is 1050 g/mol. The van der Waals surface area contributed by atoms with Gasteiger partial charge < -0.3 is 75.4 Å². The van der Waals surface area contributed by atoms with Crippen LogP contribution in [0.3, 0.4) is 0 Å². The molecule has 32 nitrogen and oxygen atoms in total. The molecule has 12 atom stereocenters. The second-order valence-electron chi connectivity index (χ2n) is 13.5. The molecule has 4 aromatic heterocycles. The van der Waals surface area contributed by atoms with Crippen LogP contribution in [0.25, 0.3) is 11.0 Å². The van der Waals surface area contributed by atoms with Gasteiger partial charge in [0.25, 0.3) is 0 Å². The SMILES string of the molecule is C[C@@]1(c2ccc3c(N)ccnn23)O[C@H](COP(=O)(O)OP(=O)(O)OP(=O)(O)O)[C@@H](O)[C@H]1O.N#C[C@@]1(c2ccc3c(N)ccnn23)O[C@H](COP(=O)(O)OP(=O)(O)OP(=O)(O)O)[C@@H](O)[C@H]1F. The predicted molar refractivity (Wildman–Crippen MR) is 206 cm³/mol. The molecule has 2 fully saturated rings. The van der Waals surface area contributed by atoms with Gasteiger partial charge in [-0.05, 0) is 43.3 Å². The summed E-state index contributed by atoms with van der Waals surface area (Å²) in [5, 5.41) is 48.9. The molecular weight excluding hydrogens is 1020 g/mol. The highest BCUT2D eigenvalue weighted by atomic mass is 31.3. The number of aliphatic hydroxyl groups excluding tert-OH is 3. The first-order chi connectivity index (χ1) is 29.7. The van der Waals surface area contributed by atoms with Gasteiger partial charge in [0.05, 0.1) is 47.0 Å². The molecule has 0 bridgehead atoms. The van der Waals surface area contributed by atoms with Crippen LogP contribution in [-0.2, 0) is 74.4 Å². The molecule has 2 aliphatic rings. The number of nitrogen functional groups attached to an aromatic ring is 2. The molecule has 6 rings (SSSR count). The van der Waals surface area contributed by atoms with Crippen molar-refractivity contribution in [3.05, 3.63) is 60.2 Å². The van der Waals surface area contributed by atoms with Crippen molar-refractivity contribution in [2.45, 2.75) is 54.8 Å². The number of aliphatic hydroxyl groups is 3. The second-order valence-corrected chi connectivity index (χ2v) is 22.3. The zero-order valence-electron chi connectivity index (χ0n) is 32.1. The van der Waals surface area contributed by atoms with E-state index in [-0.39, 0.29) is 17.1 Å². The number of nitriles is 1. The fourth-order valence-electron chi connectivity index (χ4n) is 6.28. The maximum Gasteiger partial charge on any atom is 0.490 e. The van der Waals surface area contributed by atoms with Gasteiger partial charge in [-0.25, -0.2) is 40.8 Å². The van der Waals surface area contributed by atoms with Crippen LogP contribution in [0.1, 0.15) is 18.3 Å². The van der Waals surface area contributed by atoms with E-state index in [2.05, 4.69) is 36.5 Å². The summed E-state index contributed by atoms with van der Waals surface area (Å²) < 4.78 is 119.